The highest BCUT2D eigenvalue weighted by molar-refractivity contribution is 5.85. The van der Waals surface area contributed by atoms with E-state index in [9.17, 15) is 14.7 Å². The van der Waals surface area contributed by atoms with Crippen molar-refractivity contribution < 1.29 is 19.4 Å². The SMILES string of the molecule is Cl.NC(N)=NCCCCC(NC(=O)OCC1c2ccccc2-c2ccccc21)C(=O)O. The Labute approximate surface area is 187 Å². The van der Waals surface area contributed by atoms with Gasteiger partial charge in [-0.2, -0.15) is 0 Å². The first-order valence-corrected chi connectivity index (χ1v) is 9.87. The Kier molecular flexibility index (Phi) is 8.69. The number of nitrogens with one attached hydrogen (secondary N) is 1. The van der Waals surface area contributed by atoms with E-state index in [1.165, 1.54) is 0 Å². The van der Waals surface area contributed by atoms with Crippen LogP contribution >= 0.6 is 12.4 Å². The van der Waals surface area contributed by atoms with Crippen molar-refractivity contribution in [1.29, 1.82) is 0 Å². The smallest absolute Gasteiger partial charge is 0.407 e. The van der Waals surface area contributed by atoms with Crippen LogP contribution in [0.25, 0.3) is 11.1 Å². The third-order valence-electron chi connectivity index (χ3n) is 5.13. The summed E-state index contributed by atoms with van der Waals surface area (Å²) < 4.78 is 5.41. The topological polar surface area (TPSA) is 140 Å². The average molecular weight is 447 g/mol. The van der Waals surface area contributed by atoms with Crippen molar-refractivity contribution in [3.8, 4) is 11.1 Å². The molecule has 0 aliphatic heterocycles. The average Bonchev–Trinajstić information content (AvgIpc) is 3.04. The fourth-order valence-corrected chi connectivity index (χ4v) is 3.71. The molecule has 6 N–H and O–H groups in total. The highest BCUT2D eigenvalue weighted by Gasteiger charge is 2.29. The van der Waals surface area contributed by atoms with Gasteiger partial charge in [-0.05, 0) is 41.5 Å². The summed E-state index contributed by atoms with van der Waals surface area (Å²) in [4.78, 5) is 27.6. The van der Waals surface area contributed by atoms with Gasteiger partial charge in [0.25, 0.3) is 0 Å². The first kappa shape index (κ1) is 24.0. The van der Waals surface area contributed by atoms with Crippen LogP contribution in [0.2, 0.25) is 0 Å². The third kappa shape index (κ3) is 6.11. The fourth-order valence-electron chi connectivity index (χ4n) is 3.71. The predicted molar refractivity (Wildman–Crippen MR) is 121 cm³/mol. The molecule has 0 aromatic heterocycles. The molecule has 0 saturated heterocycles. The van der Waals surface area contributed by atoms with Crippen molar-refractivity contribution in [2.24, 2.45) is 16.5 Å². The first-order valence-electron chi connectivity index (χ1n) is 9.87. The largest absolute Gasteiger partial charge is 0.480 e. The number of halogens is 1. The van der Waals surface area contributed by atoms with Crippen LogP contribution in [0, 0.1) is 0 Å². The predicted octanol–water partition coefficient (Wildman–Crippen LogP) is 2.84. The Morgan fingerprint density at radius 2 is 1.61 bits per heavy atom. The van der Waals surface area contributed by atoms with Crippen LogP contribution < -0.4 is 16.8 Å². The van der Waals surface area contributed by atoms with Crippen molar-refractivity contribution in [3.63, 3.8) is 0 Å². The molecule has 0 spiro atoms. The first-order chi connectivity index (χ1) is 14.5. The fraction of sp³-hybridized carbons (Fsp3) is 0.318. The van der Waals surface area contributed by atoms with E-state index < -0.39 is 18.1 Å². The number of fused-ring (bicyclic) bond motifs is 3. The molecule has 0 saturated carbocycles. The second-order valence-corrected chi connectivity index (χ2v) is 7.16. The normalized spacial score (nSPS) is 12.6. The molecule has 2 aromatic rings. The minimum atomic E-state index is -1.11. The quantitative estimate of drug-likeness (QED) is 0.265. The molecule has 9 heteroatoms. The van der Waals surface area contributed by atoms with E-state index in [2.05, 4.69) is 22.4 Å². The molecule has 2 aromatic carbocycles. The van der Waals surface area contributed by atoms with E-state index in [4.69, 9.17) is 16.2 Å². The highest BCUT2D eigenvalue weighted by atomic mass is 35.5. The third-order valence-corrected chi connectivity index (χ3v) is 5.13. The van der Waals surface area contributed by atoms with Gasteiger partial charge in [0.15, 0.2) is 5.96 Å². The Bertz CT molecular complexity index is 901. The molecular formula is C22H27ClN4O4. The maximum Gasteiger partial charge on any atom is 0.407 e. The number of carbonyl (C=O) groups excluding carboxylic acids is 1. The number of amides is 1. The van der Waals surface area contributed by atoms with Gasteiger partial charge < -0.3 is 26.6 Å². The number of ether oxygens (including phenoxy) is 1. The van der Waals surface area contributed by atoms with Crippen LogP contribution in [0.3, 0.4) is 0 Å². The van der Waals surface area contributed by atoms with Gasteiger partial charge in [-0.3, -0.25) is 4.99 Å². The number of alkyl carbamates (subject to hydrolysis) is 1. The van der Waals surface area contributed by atoms with Gasteiger partial charge in [0.2, 0.25) is 0 Å². The molecule has 0 bridgehead atoms. The number of nitrogens with two attached hydrogens (primary N) is 2. The molecule has 1 aliphatic rings. The van der Waals surface area contributed by atoms with Crippen molar-refractivity contribution in [2.75, 3.05) is 13.2 Å². The van der Waals surface area contributed by atoms with Crippen LogP contribution in [0.4, 0.5) is 4.79 Å². The number of carboxylic acid groups (broad SMARTS) is 1. The second kappa shape index (κ2) is 11.2. The summed E-state index contributed by atoms with van der Waals surface area (Å²) in [5.74, 6) is -1.18. The van der Waals surface area contributed by atoms with E-state index >= 15 is 0 Å². The number of hydrogen-bond acceptors (Lipinski definition) is 4. The van der Waals surface area contributed by atoms with Crippen molar-refractivity contribution in [2.45, 2.75) is 31.2 Å². The van der Waals surface area contributed by atoms with E-state index in [1.54, 1.807) is 0 Å². The van der Waals surface area contributed by atoms with Gasteiger partial charge in [0, 0.05) is 12.5 Å². The number of carboxylic acids is 1. The molecule has 8 nitrogen and oxygen atoms in total. The van der Waals surface area contributed by atoms with Crippen LogP contribution in [0.5, 0.6) is 0 Å². The summed E-state index contributed by atoms with van der Waals surface area (Å²) >= 11 is 0. The lowest BCUT2D eigenvalue weighted by atomic mass is 9.98. The number of aliphatic carboxylic acids is 1. The molecule has 1 atom stereocenters. The Morgan fingerprint density at radius 1 is 1.03 bits per heavy atom. The van der Waals surface area contributed by atoms with Gasteiger partial charge in [-0.1, -0.05) is 48.5 Å². The van der Waals surface area contributed by atoms with Crippen LogP contribution in [0.1, 0.15) is 36.3 Å². The molecule has 0 fully saturated rings. The Hall–Kier alpha value is -3.26. The molecule has 1 amide bonds. The summed E-state index contributed by atoms with van der Waals surface area (Å²) in [6, 6.07) is 15.0. The lowest BCUT2D eigenvalue weighted by molar-refractivity contribution is -0.139. The Balaban J connectivity index is 0.00000341. The number of unbranched alkanes of at least 4 members (excludes halogenated alkanes) is 1. The standard InChI is InChI=1S/C22H26N4O4.ClH/c23-21(24)25-12-6-5-11-19(20(27)28)26-22(29)30-13-18-16-9-3-1-7-14(16)15-8-2-4-10-17(15)18;/h1-4,7-10,18-19H,5-6,11-13H2,(H,26,29)(H,27,28)(H4,23,24,25);1H. The van der Waals surface area contributed by atoms with Crippen molar-refractivity contribution in [1.82, 2.24) is 5.32 Å². The zero-order valence-corrected chi connectivity index (χ0v) is 17.8. The summed E-state index contributed by atoms with van der Waals surface area (Å²) in [6.45, 7) is 0.552. The van der Waals surface area contributed by atoms with Gasteiger partial charge in [0.1, 0.15) is 12.6 Å². The molecule has 31 heavy (non-hydrogen) atoms. The summed E-state index contributed by atoms with van der Waals surface area (Å²) in [5, 5.41) is 11.8. The molecule has 0 radical (unpaired) electrons. The van der Waals surface area contributed by atoms with Gasteiger partial charge in [-0.15, -0.1) is 12.4 Å². The number of carbonyl (C=O) groups is 2. The number of rotatable bonds is 9. The van der Waals surface area contributed by atoms with Crippen molar-refractivity contribution >= 4 is 30.4 Å². The van der Waals surface area contributed by atoms with Gasteiger partial charge in [-0.25, -0.2) is 9.59 Å². The monoisotopic (exact) mass is 446 g/mol. The molecule has 1 aliphatic carbocycles. The van der Waals surface area contributed by atoms with Gasteiger partial charge in [0.05, 0.1) is 0 Å². The molecular weight excluding hydrogens is 420 g/mol. The Morgan fingerprint density at radius 3 is 2.16 bits per heavy atom. The van der Waals surface area contributed by atoms with Crippen LogP contribution in [-0.2, 0) is 9.53 Å². The maximum atomic E-state index is 12.3. The van der Waals surface area contributed by atoms with E-state index in [0.29, 0.717) is 19.4 Å². The zero-order chi connectivity index (χ0) is 21.5. The number of hydrogen-bond donors (Lipinski definition) is 4. The summed E-state index contributed by atoms with van der Waals surface area (Å²) in [6.07, 6.45) is 0.693. The molecule has 0 heterocycles. The van der Waals surface area contributed by atoms with E-state index in [0.717, 1.165) is 22.3 Å². The summed E-state index contributed by atoms with van der Waals surface area (Å²) in [5.41, 5.74) is 15.0. The van der Waals surface area contributed by atoms with Crippen LogP contribution in [0.15, 0.2) is 53.5 Å². The molecule has 166 valence electrons. The lowest BCUT2D eigenvalue weighted by Gasteiger charge is -2.17. The maximum absolute atomic E-state index is 12.3. The zero-order valence-electron chi connectivity index (χ0n) is 17.0. The van der Waals surface area contributed by atoms with E-state index in [-0.39, 0.29) is 37.3 Å². The lowest BCUT2D eigenvalue weighted by Crippen LogP contribution is -2.41. The highest BCUT2D eigenvalue weighted by Crippen LogP contribution is 2.44. The number of guanidine groups is 1. The molecule has 3 rings (SSSR count). The number of nitrogens with zero attached hydrogens (tertiary/aromatic N) is 1. The number of benzene rings is 2. The minimum Gasteiger partial charge on any atom is -0.480 e. The van der Waals surface area contributed by atoms with Crippen LogP contribution in [-0.4, -0.2) is 42.3 Å². The van der Waals surface area contributed by atoms with Crippen molar-refractivity contribution in [3.05, 3.63) is 59.7 Å². The number of aliphatic imine (C=N–C) groups is 1. The molecule has 1 unspecified atom stereocenters. The van der Waals surface area contributed by atoms with Gasteiger partial charge >= 0.3 is 12.1 Å². The summed E-state index contributed by atoms with van der Waals surface area (Å²) in [7, 11) is 0. The minimum absolute atomic E-state index is 0. The second-order valence-electron chi connectivity index (χ2n) is 7.16. The van der Waals surface area contributed by atoms with E-state index in [1.807, 2.05) is 36.4 Å².